The number of ether oxygens (including phenoxy) is 2. The lowest BCUT2D eigenvalue weighted by atomic mass is 9.87. The Kier molecular flexibility index (Phi) is 5.29. The average Bonchev–Trinajstić information content (AvgIpc) is 3.19. The van der Waals surface area contributed by atoms with Crippen LogP contribution in [0.2, 0.25) is 0 Å². The smallest absolute Gasteiger partial charge is 0.193 e. The number of hydrogen-bond acceptors (Lipinski definition) is 3. The Balaban J connectivity index is 1.49. The normalized spacial score (nSPS) is 25.3. The topological polar surface area (TPSA) is 46.1 Å². The molecule has 2 saturated heterocycles. The Hall–Kier alpha value is -1.75. The Labute approximate surface area is 145 Å². The van der Waals surface area contributed by atoms with Crippen molar-refractivity contribution < 1.29 is 9.47 Å². The second kappa shape index (κ2) is 7.43. The van der Waals surface area contributed by atoms with Crippen molar-refractivity contribution in [3.8, 4) is 5.75 Å². The van der Waals surface area contributed by atoms with E-state index in [9.17, 15) is 0 Å². The first kappa shape index (κ1) is 17.1. The third-order valence-corrected chi connectivity index (χ3v) is 5.01. The summed E-state index contributed by atoms with van der Waals surface area (Å²) in [6.07, 6.45) is 2.45. The number of nitrogens with one attached hydrogen (secondary N) is 1. The number of likely N-dealkylation sites (tertiary alicyclic amines) is 1. The highest BCUT2D eigenvalue weighted by Gasteiger charge is 2.42. The van der Waals surface area contributed by atoms with Crippen molar-refractivity contribution in [1.82, 2.24) is 10.2 Å². The Morgan fingerprint density at radius 3 is 3.04 bits per heavy atom. The van der Waals surface area contributed by atoms with Gasteiger partial charge in [0.05, 0.1) is 13.2 Å². The highest BCUT2D eigenvalue weighted by Crippen LogP contribution is 2.38. The summed E-state index contributed by atoms with van der Waals surface area (Å²) in [5.74, 6) is 1.89. The molecule has 2 heterocycles. The van der Waals surface area contributed by atoms with E-state index in [1.165, 1.54) is 18.4 Å². The number of aliphatic imine (C=N–C) groups is 1. The van der Waals surface area contributed by atoms with Crippen molar-refractivity contribution >= 4 is 5.96 Å². The minimum atomic E-state index is 0.0786. The first-order valence-electron chi connectivity index (χ1n) is 8.87. The second-order valence-corrected chi connectivity index (χ2v) is 7.15. The summed E-state index contributed by atoms with van der Waals surface area (Å²) in [5, 5.41) is 3.46. The molecule has 2 aliphatic heterocycles. The lowest BCUT2D eigenvalue weighted by Crippen LogP contribution is -2.44. The fourth-order valence-corrected chi connectivity index (χ4v) is 3.62. The van der Waals surface area contributed by atoms with Crippen LogP contribution in [-0.2, 0) is 4.74 Å². The largest absolute Gasteiger partial charge is 0.489 e. The molecule has 2 atom stereocenters. The molecule has 0 amide bonds. The molecule has 0 saturated carbocycles. The standard InChI is InChI=1S/C19H29N3O2/c1-15-5-4-6-17(11-15)24-16(2)12-21-18(20-3)22-9-7-19(13-22)8-10-23-14-19/h4-6,11,16H,7-10,12-14H2,1-3H3,(H,20,21). The Bertz CT molecular complexity index is 582. The Morgan fingerprint density at radius 2 is 2.33 bits per heavy atom. The highest BCUT2D eigenvalue weighted by atomic mass is 16.5. The Morgan fingerprint density at radius 1 is 1.46 bits per heavy atom. The van der Waals surface area contributed by atoms with E-state index < -0.39 is 0 Å². The van der Waals surface area contributed by atoms with Gasteiger partial charge in [0, 0.05) is 32.2 Å². The molecular formula is C19H29N3O2. The van der Waals surface area contributed by atoms with Crippen molar-refractivity contribution in [2.45, 2.75) is 32.8 Å². The predicted octanol–water partition coefficient (Wildman–Crippen LogP) is 2.45. The molecule has 1 spiro atoms. The molecule has 1 aromatic rings. The van der Waals surface area contributed by atoms with Gasteiger partial charge in [0.1, 0.15) is 11.9 Å². The summed E-state index contributed by atoms with van der Waals surface area (Å²) in [5.41, 5.74) is 1.56. The van der Waals surface area contributed by atoms with E-state index in [1.54, 1.807) is 0 Å². The molecule has 2 fully saturated rings. The van der Waals surface area contributed by atoms with Crippen molar-refractivity contribution in [2.75, 3.05) is 39.9 Å². The minimum absolute atomic E-state index is 0.0786. The molecule has 0 radical (unpaired) electrons. The van der Waals surface area contributed by atoms with Crippen molar-refractivity contribution in [1.29, 1.82) is 0 Å². The van der Waals surface area contributed by atoms with Crippen LogP contribution < -0.4 is 10.1 Å². The van der Waals surface area contributed by atoms with Gasteiger partial charge < -0.3 is 19.7 Å². The summed E-state index contributed by atoms with van der Waals surface area (Å²) >= 11 is 0. The summed E-state index contributed by atoms with van der Waals surface area (Å²) in [7, 11) is 1.85. The maximum absolute atomic E-state index is 5.99. The van der Waals surface area contributed by atoms with E-state index >= 15 is 0 Å². The number of nitrogens with zero attached hydrogens (tertiary/aromatic N) is 2. The third kappa shape index (κ3) is 4.01. The fraction of sp³-hybridized carbons (Fsp3) is 0.632. The van der Waals surface area contributed by atoms with Gasteiger partial charge >= 0.3 is 0 Å². The first-order chi connectivity index (χ1) is 11.6. The van der Waals surface area contributed by atoms with Crippen LogP contribution in [0.1, 0.15) is 25.3 Å². The van der Waals surface area contributed by atoms with Gasteiger partial charge in [0.2, 0.25) is 0 Å². The molecule has 24 heavy (non-hydrogen) atoms. The molecule has 1 N–H and O–H groups in total. The molecule has 0 aliphatic carbocycles. The van der Waals surface area contributed by atoms with E-state index in [2.05, 4.69) is 41.2 Å². The number of aryl methyl sites for hydroxylation is 1. The third-order valence-electron chi connectivity index (χ3n) is 5.01. The summed E-state index contributed by atoms with van der Waals surface area (Å²) in [6.45, 7) is 8.79. The zero-order chi connectivity index (χ0) is 17.0. The maximum Gasteiger partial charge on any atom is 0.193 e. The van der Waals surface area contributed by atoms with Crippen LogP contribution in [0.15, 0.2) is 29.3 Å². The van der Waals surface area contributed by atoms with Gasteiger partial charge in [-0.15, -0.1) is 0 Å². The van der Waals surface area contributed by atoms with E-state index in [0.29, 0.717) is 5.41 Å². The zero-order valence-corrected chi connectivity index (χ0v) is 15.0. The molecule has 2 unspecified atom stereocenters. The van der Waals surface area contributed by atoms with E-state index in [0.717, 1.165) is 44.6 Å². The van der Waals surface area contributed by atoms with Crippen molar-refractivity contribution in [2.24, 2.45) is 10.4 Å². The summed E-state index contributed by atoms with van der Waals surface area (Å²) < 4.78 is 11.6. The molecule has 0 aromatic heterocycles. The number of rotatable bonds is 4. The molecule has 2 aliphatic rings. The van der Waals surface area contributed by atoms with E-state index in [4.69, 9.17) is 9.47 Å². The van der Waals surface area contributed by atoms with Crippen LogP contribution >= 0.6 is 0 Å². The molecule has 1 aromatic carbocycles. The lowest BCUT2D eigenvalue weighted by Gasteiger charge is -2.26. The second-order valence-electron chi connectivity index (χ2n) is 7.15. The van der Waals surface area contributed by atoms with Gasteiger partial charge in [-0.1, -0.05) is 12.1 Å². The van der Waals surface area contributed by atoms with Crippen LogP contribution in [0, 0.1) is 12.3 Å². The number of hydrogen-bond donors (Lipinski definition) is 1. The minimum Gasteiger partial charge on any atom is -0.489 e. The average molecular weight is 331 g/mol. The van der Waals surface area contributed by atoms with Crippen LogP contribution in [-0.4, -0.2) is 56.9 Å². The molecule has 5 heteroatoms. The van der Waals surface area contributed by atoms with Gasteiger partial charge in [-0.3, -0.25) is 4.99 Å². The predicted molar refractivity (Wildman–Crippen MR) is 96.7 cm³/mol. The lowest BCUT2D eigenvalue weighted by molar-refractivity contribution is 0.156. The van der Waals surface area contributed by atoms with E-state index in [-0.39, 0.29) is 6.10 Å². The quantitative estimate of drug-likeness (QED) is 0.680. The first-order valence-corrected chi connectivity index (χ1v) is 8.87. The van der Waals surface area contributed by atoms with Crippen molar-refractivity contribution in [3.05, 3.63) is 29.8 Å². The zero-order valence-electron chi connectivity index (χ0n) is 15.0. The van der Waals surface area contributed by atoms with Gasteiger partial charge in [0.25, 0.3) is 0 Å². The van der Waals surface area contributed by atoms with Crippen LogP contribution in [0.25, 0.3) is 0 Å². The van der Waals surface area contributed by atoms with Crippen LogP contribution in [0.5, 0.6) is 5.75 Å². The molecule has 3 rings (SSSR count). The van der Waals surface area contributed by atoms with Gasteiger partial charge in [-0.05, 0) is 44.4 Å². The number of benzene rings is 1. The number of guanidine groups is 1. The van der Waals surface area contributed by atoms with Crippen LogP contribution in [0.3, 0.4) is 0 Å². The molecule has 132 valence electrons. The van der Waals surface area contributed by atoms with Crippen LogP contribution in [0.4, 0.5) is 0 Å². The maximum atomic E-state index is 5.99. The molecular weight excluding hydrogens is 302 g/mol. The SMILES string of the molecule is CN=C(NCC(C)Oc1cccc(C)c1)N1CCC2(CCOC2)C1. The summed E-state index contributed by atoms with van der Waals surface area (Å²) in [4.78, 5) is 6.81. The van der Waals surface area contributed by atoms with Gasteiger partial charge in [-0.25, -0.2) is 0 Å². The summed E-state index contributed by atoms with van der Waals surface area (Å²) in [6, 6.07) is 8.17. The van der Waals surface area contributed by atoms with E-state index in [1.807, 2.05) is 19.2 Å². The van der Waals surface area contributed by atoms with Crippen molar-refractivity contribution in [3.63, 3.8) is 0 Å². The fourth-order valence-electron chi connectivity index (χ4n) is 3.62. The highest BCUT2D eigenvalue weighted by molar-refractivity contribution is 5.80. The monoisotopic (exact) mass is 331 g/mol. The van der Waals surface area contributed by atoms with Gasteiger partial charge in [0.15, 0.2) is 5.96 Å². The van der Waals surface area contributed by atoms with Gasteiger partial charge in [-0.2, -0.15) is 0 Å². The molecule has 0 bridgehead atoms. The molecule has 5 nitrogen and oxygen atoms in total.